The van der Waals surface area contributed by atoms with Gasteiger partial charge in [-0.2, -0.15) is 4.98 Å². The number of benzene rings is 3. The molecule has 3 aromatic carbocycles. The van der Waals surface area contributed by atoms with E-state index in [1.807, 2.05) is 60.7 Å². The molecule has 5 nitrogen and oxygen atoms in total. The van der Waals surface area contributed by atoms with Gasteiger partial charge in [-0.25, -0.2) is 4.98 Å². The molecule has 0 spiro atoms. The van der Waals surface area contributed by atoms with Crippen molar-refractivity contribution in [3.63, 3.8) is 0 Å². The van der Waals surface area contributed by atoms with Crippen LogP contribution in [-0.2, 0) is 6.42 Å². The van der Waals surface area contributed by atoms with Crippen LogP contribution < -0.4 is 11.1 Å². The summed E-state index contributed by atoms with van der Waals surface area (Å²) in [5.41, 5.74) is 10.8. The monoisotopic (exact) mass is 382 g/mol. The highest BCUT2D eigenvalue weighted by Gasteiger charge is 2.11. The highest BCUT2D eigenvalue weighted by Crippen LogP contribution is 2.32. The fourth-order valence-corrected chi connectivity index (χ4v) is 3.32. The highest BCUT2D eigenvalue weighted by atomic mass is 16.3. The zero-order valence-electron chi connectivity index (χ0n) is 15.9. The first kappa shape index (κ1) is 18.5. The summed E-state index contributed by atoms with van der Waals surface area (Å²) in [6, 6.07) is 27.6. The zero-order valence-corrected chi connectivity index (χ0v) is 15.9. The molecule has 0 atom stereocenters. The van der Waals surface area contributed by atoms with E-state index in [4.69, 9.17) is 5.73 Å². The first-order valence-corrected chi connectivity index (χ1v) is 9.51. The second-order valence-corrected chi connectivity index (χ2v) is 6.71. The molecule has 4 rings (SSSR count). The molecule has 4 N–H and O–H groups in total. The maximum absolute atomic E-state index is 9.91. The molecule has 0 bridgehead atoms. The molecule has 0 fully saturated rings. The zero-order chi connectivity index (χ0) is 20.1. The second kappa shape index (κ2) is 8.44. The number of phenolic OH excluding ortho intramolecular Hbond substituents is 1. The van der Waals surface area contributed by atoms with E-state index in [-0.39, 0.29) is 5.95 Å². The van der Waals surface area contributed by atoms with Crippen molar-refractivity contribution in [2.45, 2.75) is 6.42 Å². The van der Waals surface area contributed by atoms with Crippen molar-refractivity contribution >= 4 is 11.8 Å². The maximum atomic E-state index is 9.91. The molecule has 0 saturated heterocycles. The van der Waals surface area contributed by atoms with Crippen LogP contribution >= 0.6 is 0 Å². The van der Waals surface area contributed by atoms with Crippen molar-refractivity contribution in [1.82, 2.24) is 9.97 Å². The Bertz CT molecular complexity index is 1110. The van der Waals surface area contributed by atoms with Gasteiger partial charge in [0.2, 0.25) is 5.95 Å². The lowest BCUT2D eigenvalue weighted by Crippen LogP contribution is -2.08. The summed E-state index contributed by atoms with van der Waals surface area (Å²) in [4.78, 5) is 8.77. The van der Waals surface area contributed by atoms with E-state index in [0.29, 0.717) is 24.5 Å². The SMILES string of the molecule is Nc1nc(NCCc2ccccc2O)cc(-c2ccccc2-c2ccccc2)n1. The third-order valence-electron chi connectivity index (χ3n) is 4.72. The van der Waals surface area contributed by atoms with E-state index in [1.165, 1.54) is 0 Å². The number of hydrogen-bond donors (Lipinski definition) is 3. The molecule has 4 aromatic rings. The van der Waals surface area contributed by atoms with Crippen molar-refractivity contribution < 1.29 is 5.11 Å². The summed E-state index contributed by atoms with van der Waals surface area (Å²) in [6.07, 6.45) is 0.673. The standard InChI is InChI=1S/C24H22N4O/c25-24-27-21(20-12-6-5-11-19(20)17-8-2-1-3-9-17)16-23(28-24)26-15-14-18-10-4-7-13-22(18)29/h1-13,16,29H,14-15H2,(H3,25,26,27,28). The summed E-state index contributed by atoms with van der Waals surface area (Å²) in [5, 5.41) is 13.2. The van der Waals surface area contributed by atoms with Crippen LogP contribution in [0.3, 0.4) is 0 Å². The molecular weight excluding hydrogens is 360 g/mol. The number of nitrogens with zero attached hydrogens (tertiary/aromatic N) is 2. The molecule has 144 valence electrons. The normalized spacial score (nSPS) is 10.6. The predicted octanol–water partition coefficient (Wildman–Crippen LogP) is 4.75. The molecule has 0 radical (unpaired) electrons. The van der Waals surface area contributed by atoms with E-state index < -0.39 is 0 Å². The Balaban J connectivity index is 1.59. The number of rotatable bonds is 6. The first-order chi connectivity index (χ1) is 14.2. The number of phenols is 1. The lowest BCUT2D eigenvalue weighted by atomic mass is 9.97. The van der Waals surface area contributed by atoms with Gasteiger partial charge in [-0.3, -0.25) is 0 Å². The summed E-state index contributed by atoms with van der Waals surface area (Å²) in [5.74, 6) is 1.18. The van der Waals surface area contributed by atoms with E-state index >= 15 is 0 Å². The van der Waals surface area contributed by atoms with Crippen molar-refractivity contribution in [3.8, 4) is 28.1 Å². The number of nitrogens with one attached hydrogen (secondary N) is 1. The van der Waals surface area contributed by atoms with Crippen LogP contribution in [0.15, 0.2) is 84.9 Å². The van der Waals surface area contributed by atoms with Crippen LogP contribution in [-0.4, -0.2) is 21.6 Å². The number of hydrogen-bond acceptors (Lipinski definition) is 5. The Morgan fingerprint density at radius 3 is 2.28 bits per heavy atom. The van der Waals surface area contributed by atoms with Gasteiger partial charge < -0.3 is 16.2 Å². The van der Waals surface area contributed by atoms with Gasteiger partial charge in [-0.1, -0.05) is 72.8 Å². The lowest BCUT2D eigenvalue weighted by Gasteiger charge is -2.12. The molecule has 1 aromatic heterocycles. The van der Waals surface area contributed by atoms with Gasteiger partial charge in [0.05, 0.1) is 5.69 Å². The van der Waals surface area contributed by atoms with Crippen LogP contribution in [0.5, 0.6) is 5.75 Å². The Labute approximate surface area is 169 Å². The second-order valence-electron chi connectivity index (χ2n) is 6.71. The fourth-order valence-electron chi connectivity index (χ4n) is 3.32. The average Bonchev–Trinajstić information content (AvgIpc) is 2.75. The number of anilines is 2. The molecule has 0 unspecified atom stereocenters. The van der Waals surface area contributed by atoms with E-state index in [2.05, 4.69) is 33.5 Å². The van der Waals surface area contributed by atoms with E-state index in [1.54, 1.807) is 6.07 Å². The summed E-state index contributed by atoms with van der Waals surface area (Å²) < 4.78 is 0. The molecule has 0 amide bonds. The summed E-state index contributed by atoms with van der Waals surface area (Å²) >= 11 is 0. The molecule has 1 heterocycles. The number of aromatic nitrogens is 2. The third kappa shape index (κ3) is 4.35. The van der Waals surface area contributed by atoms with Gasteiger partial charge in [0, 0.05) is 18.2 Å². The molecular formula is C24H22N4O. The Morgan fingerprint density at radius 1 is 0.793 bits per heavy atom. The number of nitrogen functional groups attached to an aromatic ring is 1. The third-order valence-corrected chi connectivity index (χ3v) is 4.72. The fraction of sp³-hybridized carbons (Fsp3) is 0.0833. The van der Waals surface area contributed by atoms with E-state index in [9.17, 15) is 5.11 Å². The van der Waals surface area contributed by atoms with Crippen LogP contribution in [0.4, 0.5) is 11.8 Å². The summed E-state index contributed by atoms with van der Waals surface area (Å²) in [6.45, 7) is 0.619. The minimum Gasteiger partial charge on any atom is -0.508 e. The van der Waals surface area contributed by atoms with Gasteiger partial charge >= 0.3 is 0 Å². The molecule has 0 aliphatic carbocycles. The molecule has 29 heavy (non-hydrogen) atoms. The molecule has 0 saturated carbocycles. The average molecular weight is 382 g/mol. The Morgan fingerprint density at radius 2 is 1.48 bits per heavy atom. The van der Waals surface area contributed by atoms with Gasteiger partial charge in [-0.15, -0.1) is 0 Å². The van der Waals surface area contributed by atoms with Gasteiger partial charge in [0.15, 0.2) is 0 Å². The van der Waals surface area contributed by atoms with E-state index in [0.717, 1.165) is 27.9 Å². The van der Waals surface area contributed by atoms with Crippen LogP contribution in [0.25, 0.3) is 22.4 Å². The van der Waals surface area contributed by atoms with Gasteiger partial charge in [0.1, 0.15) is 11.6 Å². The topological polar surface area (TPSA) is 84.1 Å². The Kier molecular flexibility index (Phi) is 5.38. The molecule has 5 heteroatoms. The van der Waals surface area contributed by atoms with Gasteiger partial charge in [-0.05, 0) is 29.2 Å². The van der Waals surface area contributed by atoms with Crippen LogP contribution in [0.2, 0.25) is 0 Å². The largest absolute Gasteiger partial charge is 0.508 e. The quantitative estimate of drug-likeness (QED) is 0.448. The van der Waals surface area contributed by atoms with Crippen molar-refractivity contribution in [1.29, 1.82) is 0 Å². The van der Waals surface area contributed by atoms with Crippen molar-refractivity contribution in [2.75, 3.05) is 17.6 Å². The highest BCUT2D eigenvalue weighted by molar-refractivity contribution is 5.82. The lowest BCUT2D eigenvalue weighted by molar-refractivity contribution is 0.468. The molecule has 0 aliphatic rings. The number of para-hydroxylation sites is 1. The number of aromatic hydroxyl groups is 1. The van der Waals surface area contributed by atoms with Crippen molar-refractivity contribution in [3.05, 3.63) is 90.5 Å². The minimum atomic E-state index is 0.218. The predicted molar refractivity (Wildman–Crippen MR) is 118 cm³/mol. The van der Waals surface area contributed by atoms with Crippen molar-refractivity contribution in [2.24, 2.45) is 0 Å². The maximum Gasteiger partial charge on any atom is 0.222 e. The molecule has 0 aliphatic heterocycles. The van der Waals surface area contributed by atoms with Gasteiger partial charge in [0.25, 0.3) is 0 Å². The first-order valence-electron chi connectivity index (χ1n) is 9.51. The minimum absolute atomic E-state index is 0.218. The smallest absolute Gasteiger partial charge is 0.222 e. The van der Waals surface area contributed by atoms with Crippen LogP contribution in [0.1, 0.15) is 5.56 Å². The number of nitrogens with two attached hydrogens (primary N) is 1. The Hall–Kier alpha value is -3.86. The summed E-state index contributed by atoms with van der Waals surface area (Å²) in [7, 11) is 0. The van der Waals surface area contributed by atoms with Crippen LogP contribution in [0, 0.1) is 0 Å².